The van der Waals surface area contributed by atoms with Gasteiger partial charge >= 0.3 is 0 Å². The van der Waals surface area contributed by atoms with Crippen LogP contribution in [0.25, 0.3) is 0 Å². The third-order valence-electron chi connectivity index (χ3n) is 2.83. The summed E-state index contributed by atoms with van der Waals surface area (Å²) >= 11 is 0. The SMILES string of the molecule is CC(C)C(CO)CC1(C)COC1. The standard InChI is InChI=1S/C10H20O2/c1-8(2)9(5-11)4-10(3)6-12-7-10/h8-9,11H,4-7H2,1-3H3. The van der Waals surface area contributed by atoms with Gasteiger partial charge in [-0.05, 0) is 18.3 Å². The first-order valence-electron chi connectivity index (χ1n) is 4.76. The summed E-state index contributed by atoms with van der Waals surface area (Å²) in [5, 5.41) is 9.14. The van der Waals surface area contributed by atoms with Crippen LogP contribution in [-0.4, -0.2) is 24.9 Å². The van der Waals surface area contributed by atoms with E-state index in [4.69, 9.17) is 9.84 Å². The highest BCUT2D eigenvalue weighted by Crippen LogP contribution is 2.35. The van der Waals surface area contributed by atoms with E-state index in [1.807, 2.05) is 0 Å². The summed E-state index contributed by atoms with van der Waals surface area (Å²) in [6, 6.07) is 0. The maximum atomic E-state index is 9.14. The van der Waals surface area contributed by atoms with Crippen LogP contribution in [0.15, 0.2) is 0 Å². The van der Waals surface area contributed by atoms with Crippen molar-refractivity contribution in [3.8, 4) is 0 Å². The molecule has 0 aromatic carbocycles. The summed E-state index contributed by atoms with van der Waals surface area (Å²) in [6.07, 6.45) is 1.10. The molecular formula is C10H20O2. The van der Waals surface area contributed by atoms with Crippen LogP contribution in [0, 0.1) is 17.3 Å². The van der Waals surface area contributed by atoms with E-state index in [0.29, 0.717) is 23.9 Å². The summed E-state index contributed by atoms with van der Waals surface area (Å²) in [5.41, 5.74) is 0.345. The van der Waals surface area contributed by atoms with E-state index >= 15 is 0 Å². The Labute approximate surface area is 74.9 Å². The van der Waals surface area contributed by atoms with Crippen molar-refractivity contribution in [3.05, 3.63) is 0 Å². The number of ether oxygens (including phenoxy) is 1. The molecule has 1 fully saturated rings. The zero-order chi connectivity index (χ0) is 9.19. The molecule has 1 rings (SSSR count). The van der Waals surface area contributed by atoms with Crippen molar-refractivity contribution in [1.29, 1.82) is 0 Å². The fraction of sp³-hybridized carbons (Fsp3) is 1.00. The van der Waals surface area contributed by atoms with Crippen molar-refractivity contribution in [2.75, 3.05) is 19.8 Å². The molecule has 1 atom stereocenters. The second kappa shape index (κ2) is 3.75. The lowest BCUT2D eigenvalue weighted by atomic mass is 9.76. The molecule has 0 aliphatic carbocycles. The first-order chi connectivity index (χ1) is 5.57. The minimum atomic E-state index is 0.313. The second-order valence-corrected chi connectivity index (χ2v) is 4.69. The van der Waals surface area contributed by atoms with Gasteiger partial charge in [-0.2, -0.15) is 0 Å². The largest absolute Gasteiger partial charge is 0.396 e. The van der Waals surface area contributed by atoms with Gasteiger partial charge in [-0.15, -0.1) is 0 Å². The number of aliphatic hydroxyl groups is 1. The smallest absolute Gasteiger partial charge is 0.0542 e. The molecule has 0 amide bonds. The Morgan fingerprint density at radius 2 is 2.00 bits per heavy atom. The molecule has 2 heteroatoms. The fourth-order valence-corrected chi connectivity index (χ4v) is 1.71. The van der Waals surface area contributed by atoms with Gasteiger partial charge in [-0.3, -0.25) is 0 Å². The van der Waals surface area contributed by atoms with E-state index in [9.17, 15) is 0 Å². The average Bonchev–Trinajstić information content (AvgIpc) is 1.96. The molecule has 1 N–H and O–H groups in total. The molecule has 0 aromatic rings. The zero-order valence-corrected chi connectivity index (χ0v) is 8.34. The highest BCUT2D eigenvalue weighted by molar-refractivity contribution is 4.84. The maximum Gasteiger partial charge on any atom is 0.0542 e. The van der Waals surface area contributed by atoms with E-state index in [0.717, 1.165) is 19.6 Å². The van der Waals surface area contributed by atoms with Crippen LogP contribution in [0.2, 0.25) is 0 Å². The van der Waals surface area contributed by atoms with Gasteiger partial charge in [0.15, 0.2) is 0 Å². The molecule has 2 nitrogen and oxygen atoms in total. The summed E-state index contributed by atoms with van der Waals surface area (Å²) in [7, 11) is 0. The van der Waals surface area contributed by atoms with Crippen LogP contribution in [0.3, 0.4) is 0 Å². The minimum absolute atomic E-state index is 0.313. The number of hydrogen-bond donors (Lipinski definition) is 1. The normalized spacial score (nSPS) is 23.8. The third-order valence-corrected chi connectivity index (χ3v) is 2.83. The third kappa shape index (κ3) is 2.20. The molecule has 72 valence electrons. The van der Waals surface area contributed by atoms with Gasteiger partial charge in [-0.1, -0.05) is 20.8 Å². The Bertz CT molecular complexity index is 139. The van der Waals surface area contributed by atoms with Crippen molar-refractivity contribution < 1.29 is 9.84 Å². The van der Waals surface area contributed by atoms with Gasteiger partial charge in [0, 0.05) is 12.0 Å². The van der Waals surface area contributed by atoms with Crippen molar-refractivity contribution in [2.24, 2.45) is 17.3 Å². The van der Waals surface area contributed by atoms with Crippen molar-refractivity contribution in [2.45, 2.75) is 27.2 Å². The first-order valence-corrected chi connectivity index (χ1v) is 4.76. The van der Waals surface area contributed by atoms with Crippen molar-refractivity contribution >= 4 is 0 Å². The molecule has 0 saturated carbocycles. The van der Waals surface area contributed by atoms with Crippen LogP contribution in [-0.2, 0) is 4.74 Å². The highest BCUT2D eigenvalue weighted by atomic mass is 16.5. The second-order valence-electron chi connectivity index (χ2n) is 4.69. The Hall–Kier alpha value is -0.0800. The van der Waals surface area contributed by atoms with Crippen LogP contribution < -0.4 is 0 Å². The van der Waals surface area contributed by atoms with Gasteiger partial charge in [-0.25, -0.2) is 0 Å². The Balaban J connectivity index is 2.36. The molecule has 1 unspecified atom stereocenters. The lowest BCUT2D eigenvalue weighted by Crippen LogP contribution is -2.42. The summed E-state index contributed by atoms with van der Waals surface area (Å²) in [6.45, 7) is 8.63. The Kier molecular flexibility index (Phi) is 3.13. The lowest BCUT2D eigenvalue weighted by molar-refractivity contribution is -0.118. The van der Waals surface area contributed by atoms with Gasteiger partial charge in [0.25, 0.3) is 0 Å². The van der Waals surface area contributed by atoms with E-state index < -0.39 is 0 Å². The molecule has 0 radical (unpaired) electrons. The van der Waals surface area contributed by atoms with Crippen LogP contribution in [0.5, 0.6) is 0 Å². The molecule has 0 spiro atoms. The summed E-state index contributed by atoms with van der Waals surface area (Å²) < 4.78 is 5.18. The zero-order valence-electron chi connectivity index (χ0n) is 8.34. The molecule has 1 aliphatic heterocycles. The summed E-state index contributed by atoms with van der Waals surface area (Å²) in [5.74, 6) is 1.02. The monoisotopic (exact) mass is 172 g/mol. The molecule has 1 aliphatic rings. The van der Waals surface area contributed by atoms with Gasteiger partial charge in [0.1, 0.15) is 0 Å². The fourth-order valence-electron chi connectivity index (χ4n) is 1.71. The van der Waals surface area contributed by atoms with Crippen LogP contribution in [0.1, 0.15) is 27.2 Å². The van der Waals surface area contributed by atoms with Gasteiger partial charge in [0.05, 0.1) is 13.2 Å². The topological polar surface area (TPSA) is 29.5 Å². The predicted octanol–water partition coefficient (Wildman–Crippen LogP) is 1.68. The van der Waals surface area contributed by atoms with Gasteiger partial charge in [0.2, 0.25) is 0 Å². The van der Waals surface area contributed by atoms with Crippen LogP contribution >= 0.6 is 0 Å². The molecule has 1 saturated heterocycles. The minimum Gasteiger partial charge on any atom is -0.396 e. The summed E-state index contributed by atoms with van der Waals surface area (Å²) in [4.78, 5) is 0. The molecule has 1 heterocycles. The van der Waals surface area contributed by atoms with E-state index in [1.54, 1.807) is 0 Å². The van der Waals surface area contributed by atoms with Crippen LogP contribution in [0.4, 0.5) is 0 Å². The predicted molar refractivity (Wildman–Crippen MR) is 49.0 cm³/mol. The average molecular weight is 172 g/mol. The number of hydrogen-bond acceptors (Lipinski definition) is 2. The molecule has 12 heavy (non-hydrogen) atoms. The van der Waals surface area contributed by atoms with Gasteiger partial charge < -0.3 is 9.84 Å². The van der Waals surface area contributed by atoms with Crippen molar-refractivity contribution in [1.82, 2.24) is 0 Å². The highest BCUT2D eigenvalue weighted by Gasteiger charge is 2.36. The molecule has 0 bridgehead atoms. The quantitative estimate of drug-likeness (QED) is 0.699. The lowest BCUT2D eigenvalue weighted by Gasteiger charge is -2.41. The number of rotatable bonds is 4. The number of aliphatic hydroxyl groups excluding tert-OH is 1. The first kappa shape index (κ1) is 10.0. The van der Waals surface area contributed by atoms with E-state index in [2.05, 4.69) is 20.8 Å². The Morgan fingerprint density at radius 1 is 1.42 bits per heavy atom. The Morgan fingerprint density at radius 3 is 2.25 bits per heavy atom. The van der Waals surface area contributed by atoms with E-state index in [1.165, 1.54) is 0 Å². The van der Waals surface area contributed by atoms with Crippen molar-refractivity contribution in [3.63, 3.8) is 0 Å². The molecule has 0 aromatic heterocycles. The maximum absolute atomic E-state index is 9.14. The molecular weight excluding hydrogens is 152 g/mol. The van der Waals surface area contributed by atoms with E-state index in [-0.39, 0.29) is 0 Å².